The van der Waals surface area contributed by atoms with Crippen LogP contribution < -0.4 is 0 Å². The summed E-state index contributed by atoms with van der Waals surface area (Å²) in [6.45, 7) is 1.03. The largest absolute Gasteiger partial charge is 0.265 e. The highest BCUT2D eigenvalue weighted by Gasteiger charge is 2.13. The number of nitrogens with zero attached hydrogens (tertiary/aromatic N) is 1. The third kappa shape index (κ3) is 2.25. The minimum absolute atomic E-state index is 0.207. The molecule has 1 rings (SSSR count). The van der Waals surface area contributed by atoms with Crippen LogP contribution in [0.15, 0.2) is 12.1 Å². The van der Waals surface area contributed by atoms with E-state index in [4.69, 9.17) is 0 Å². The van der Waals surface area contributed by atoms with Crippen LogP contribution in [0.3, 0.4) is 0 Å². The van der Waals surface area contributed by atoms with Crippen molar-refractivity contribution in [3.63, 3.8) is 0 Å². The summed E-state index contributed by atoms with van der Waals surface area (Å²) in [5.41, 5.74) is 0.0893. The first-order chi connectivity index (χ1) is 6.52. The Kier molecular flexibility index (Phi) is 3.11. The van der Waals surface area contributed by atoms with Crippen molar-refractivity contribution >= 4 is 0 Å². The van der Waals surface area contributed by atoms with Gasteiger partial charge in [0, 0.05) is 16.9 Å². The lowest BCUT2D eigenvalue weighted by molar-refractivity contribution is -0.479. The second-order valence-corrected chi connectivity index (χ2v) is 2.96. The summed E-state index contributed by atoms with van der Waals surface area (Å²) in [7, 11) is 0. The van der Waals surface area contributed by atoms with Gasteiger partial charge in [-0.25, -0.2) is 8.78 Å². The van der Waals surface area contributed by atoms with E-state index in [2.05, 4.69) is 0 Å². The van der Waals surface area contributed by atoms with Crippen LogP contribution in [0.2, 0.25) is 0 Å². The molecule has 0 spiro atoms. The number of nitro groups is 1. The first-order valence-corrected chi connectivity index (χ1v) is 4.07. The molecule has 0 saturated heterocycles. The van der Waals surface area contributed by atoms with Gasteiger partial charge >= 0.3 is 0 Å². The summed E-state index contributed by atoms with van der Waals surface area (Å²) in [5, 5.41) is 10.0. The molecule has 0 aromatic heterocycles. The van der Waals surface area contributed by atoms with E-state index < -0.39 is 23.1 Å². The lowest BCUT2D eigenvalue weighted by Crippen LogP contribution is -2.08. The zero-order valence-electron chi connectivity index (χ0n) is 7.59. The molecule has 0 heterocycles. The van der Waals surface area contributed by atoms with Crippen molar-refractivity contribution in [3.8, 4) is 0 Å². The molecule has 0 aliphatic carbocycles. The number of hydrogen-bond donors (Lipinski definition) is 0. The molecule has 3 nitrogen and oxygen atoms in total. The van der Waals surface area contributed by atoms with E-state index in [-0.39, 0.29) is 12.0 Å². The summed E-state index contributed by atoms with van der Waals surface area (Å²) in [5.74, 6) is -1.41. The Bertz CT molecular complexity index is 366. The molecule has 0 aliphatic heterocycles. The molecule has 0 unspecified atom stereocenters. The fourth-order valence-corrected chi connectivity index (χ4v) is 1.15. The van der Waals surface area contributed by atoms with Crippen LogP contribution in [0.5, 0.6) is 0 Å². The lowest BCUT2D eigenvalue weighted by Gasteiger charge is -2.04. The van der Waals surface area contributed by atoms with Crippen LogP contribution >= 0.6 is 0 Å². The van der Waals surface area contributed by atoms with Gasteiger partial charge in [0.1, 0.15) is 11.6 Å². The van der Waals surface area contributed by atoms with Gasteiger partial charge in [-0.1, -0.05) is 6.07 Å². The zero-order chi connectivity index (χ0) is 10.7. The van der Waals surface area contributed by atoms with Crippen molar-refractivity contribution in [2.75, 3.05) is 6.54 Å². The lowest BCUT2D eigenvalue weighted by atomic mass is 10.1. The number of halogens is 2. The fraction of sp³-hybridized carbons (Fsp3) is 0.333. The van der Waals surface area contributed by atoms with E-state index in [1.807, 2.05) is 0 Å². The van der Waals surface area contributed by atoms with Gasteiger partial charge < -0.3 is 0 Å². The Hall–Kier alpha value is -1.52. The second-order valence-electron chi connectivity index (χ2n) is 2.96. The Morgan fingerprint density at radius 3 is 2.64 bits per heavy atom. The minimum Gasteiger partial charge on any atom is -0.265 e. The Morgan fingerprint density at radius 2 is 2.07 bits per heavy atom. The summed E-state index contributed by atoms with van der Waals surface area (Å²) in [6, 6.07) is 2.42. The van der Waals surface area contributed by atoms with Gasteiger partial charge in [-0.2, -0.15) is 0 Å². The average molecular weight is 201 g/mol. The van der Waals surface area contributed by atoms with Crippen LogP contribution in [0, 0.1) is 28.7 Å². The van der Waals surface area contributed by atoms with Crippen molar-refractivity contribution in [1.29, 1.82) is 0 Å². The van der Waals surface area contributed by atoms with E-state index in [1.54, 1.807) is 0 Å². The topological polar surface area (TPSA) is 43.1 Å². The van der Waals surface area contributed by atoms with Gasteiger partial charge in [0.05, 0.1) is 0 Å². The molecule has 14 heavy (non-hydrogen) atoms. The van der Waals surface area contributed by atoms with Crippen LogP contribution in [-0.4, -0.2) is 11.5 Å². The quantitative estimate of drug-likeness (QED) is 0.555. The smallest absolute Gasteiger partial charge is 0.208 e. The van der Waals surface area contributed by atoms with Crippen LogP contribution in [0.25, 0.3) is 0 Å². The predicted octanol–water partition coefficient (Wildman–Crippen LogP) is 2.09. The molecule has 1 aromatic carbocycles. The second kappa shape index (κ2) is 4.13. The van der Waals surface area contributed by atoms with Crippen LogP contribution in [-0.2, 0) is 6.42 Å². The Morgan fingerprint density at radius 1 is 1.43 bits per heavy atom. The van der Waals surface area contributed by atoms with Gasteiger partial charge in [-0.15, -0.1) is 0 Å². The molecule has 0 N–H and O–H groups in total. The van der Waals surface area contributed by atoms with Crippen LogP contribution in [0.4, 0.5) is 8.78 Å². The molecule has 0 saturated carbocycles. The molecule has 1 aromatic rings. The third-order valence-corrected chi connectivity index (χ3v) is 1.92. The number of rotatable bonds is 3. The fourth-order valence-electron chi connectivity index (χ4n) is 1.15. The van der Waals surface area contributed by atoms with Crippen molar-refractivity contribution < 1.29 is 13.7 Å². The highest BCUT2D eigenvalue weighted by Crippen LogP contribution is 2.16. The molecule has 5 heteroatoms. The Labute approximate surface area is 79.5 Å². The molecular formula is C9H9F2NO2. The number of benzene rings is 1. The van der Waals surface area contributed by atoms with E-state index in [9.17, 15) is 18.9 Å². The van der Waals surface area contributed by atoms with Crippen LogP contribution in [0.1, 0.15) is 11.1 Å². The van der Waals surface area contributed by atoms with E-state index in [0.29, 0.717) is 5.56 Å². The van der Waals surface area contributed by atoms with Crippen molar-refractivity contribution in [1.82, 2.24) is 0 Å². The zero-order valence-corrected chi connectivity index (χ0v) is 7.59. The molecule has 0 aliphatic rings. The number of hydrogen-bond acceptors (Lipinski definition) is 2. The predicted molar refractivity (Wildman–Crippen MR) is 46.7 cm³/mol. The highest BCUT2D eigenvalue weighted by molar-refractivity contribution is 5.26. The maximum atomic E-state index is 13.3. The SMILES string of the molecule is Cc1ccc(F)c(CC[N+](=O)[O-])c1F. The first-order valence-electron chi connectivity index (χ1n) is 4.07. The normalized spacial score (nSPS) is 10.2. The molecule has 76 valence electrons. The molecule has 0 fully saturated rings. The van der Waals surface area contributed by atoms with Gasteiger partial charge in [0.25, 0.3) is 0 Å². The van der Waals surface area contributed by atoms with Crippen molar-refractivity contribution in [2.45, 2.75) is 13.3 Å². The molecule has 0 bridgehead atoms. The highest BCUT2D eigenvalue weighted by atomic mass is 19.1. The van der Waals surface area contributed by atoms with Crippen molar-refractivity contribution in [2.24, 2.45) is 0 Å². The van der Waals surface area contributed by atoms with E-state index in [0.717, 1.165) is 6.07 Å². The summed E-state index contributed by atoms with van der Waals surface area (Å²) < 4.78 is 26.3. The van der Waals surface area contributed by atoms with E-state index >= 15 is 0 Å². The standard InChI is InChI=1S/C9H9F2NO2/c1-6-2-3-8(10)7(9(6)11)4-5-12(13)14/h2-3H,4-5H2,1H3. The summed E-state index contributed by atoms with van der Waals surface area (Å²) >= 11 is 0. The van der Waals surface area contributed by atoms with Gasteiger partial charge in [-0.05, 0) is 18.6 Å². The molecule has 0 atom stereocenters. The maximum absolute atomic E-state index is 13.3. The minimum atomic E-state index is -0.727. The summed E-state index contributed by atoms with van der Waals surface area (Å²) in [6.07, 6.45) is -0.216. The molecule has 0 radical (unpaired) electrons. The first kappa shape index (κ1) is 10.6. The third-order valence-electron chi connectivity index (χ3n) is 1.92. The summed E-state index contributed by atoms with van der Waals surface area (Å²) in [4.78, 5) is 9.44. The Balaban J connectivity index is 2.95. The van der Waals surface area contributed by atoms with E-state index in [1.165, 1.54) is 13.0 Å². The maximum Gasteiger partial charge on any atom is 0.208 e. The molecular weight excluding hydrogens is 192 g/mol. The van der Waals surface area contributed by atoms with Gasteiger partial charge in [-0.3, -0.25) is 10.1 Å². The monoisotopic (exact) mass is 201 g/mol. The van der Waals surface area contributed by atoms with Gasteiger partial charge in [0.15, 0.2) is 0 Å². The number of aryl methyl sites for hydroxylation is 1. The average Bonchev–Trinajstić information content (AvgIpc) is 2.11. The molecule has 0 amide bonds. The van der Waals surface area contributed by atoms with Crippen molar-refractivity contribution in [3.05, 3.63) is 45.0 Å². The van der Waals surface area contributed by atoms with Gasteiger partial charge in [0.2, 0.25) is 6.54 Å².